The van der Waals surface area contributed by atoms with E-state index in [1.54, 1.807) is 6.08 Å². The van der Waals surface area contributed by atoms with Gasteiger partial charge in [-0.2, -0.15) is 0 Å². The molecule has 0 saturated carbocycles. The van der Waals surface area contributed by atoms with E-state index in [1.165, 1.54) is 0 Å². The number of carbonyl (C=O) groups is 1. The van der Waals surface area contributed by atoms with Crippen molar-refractivity contribution in [3.63, 3.8) is 0 Å². The first-order chi connectivity index (χ1) is 5.16. The molecule has 0 bridgehead atoms. The lowest BCUT2D eigenvalue weighted by atomic mass is 10.1. The lowest BCUT2D eigenvalue weighted by Crippen LogP contribution is -2.20. The Morgan fingerprint density at radius 2 is 2.18 bits per heavy atom. The van der Waals surface area contributed by atoms with Crippen molar-refractivity contribution in [2.24, 2.45) is 0 Å². The van der Waals surface area contributed by atoms with Crippen molar-refractivity contribution in [2.75, 3.05) is 0 Å². The van der Waals surface area contributed by atoms with Gasteiger partial charge in [0.2, 0.25) is 0 Å². The van der Waals surface area contributed by atoms with Gasteiger partial charge in [0.1, 0.15) is 0 Å². The first-order valence-electron chi connectivity index (χ1n) is 4.02. The number of carbonyl (C=O) groups excluding carboxylic acids is 1. The minimum absolute atomic E-state index is 0.0511. The average Bonchev–Trinajstić information content (AvgIpc) is 1.97. The van der Waals surface area contributed by atoms with Gasteiger partial charge in [0.25, 0.3) is 0 Å². The van der Waals surface area contributed by atoms with Crippen molar-refractivity contribution in [3.05, 3.63) is 11.6 Å². The largest absolute Gasteiger partial charge is 0.550 e. The number of allylic oxidation sites excluding steroid dienone is 1. The van der Waals surface area contributed by atoms with E-state index in [9.17, 15) is 9.90 Å². The highest BCUT2D eigenvalue weighted by Crippen LogP contribution is 2.06. The summed E-state index contributed by atoms with van der Waals surface area (Å²) in [5.74, 6) is -0.999. The zero-order valence-corrected chi connectivity index (χ0v) is 7.22. The molecule has 0 aliphatic rings. The summed E-state index contributed by atoms with van der Waals surface area (Å²) in [6.45, 7) is 4.07. The molecule has 2 heteroatoms. The Hall–Kier alpha value is -0.790. The highest BCUT2D eigenvalue weighted by molar-refractivity contribution is 5.66. The van der Waals surface area contributed by atoms with Crippen LogP contribution in [0.4, 0.5) is 0 Å². The van der Waals surface area contributed by atoms with Crippen molar-refractivity contribution in [2.45, 2.75) is 39.5 Å². The van der Waals surface area contributed by atoms with Crippen molar-refractivity contribution < 1.29 is 9.90 Å². The Labute approximate surface area is 67.9 Å². The third kappa shape index (κ3) is 7.10. The molecule has 0 aliphatic heterocycles. The highest BCUT2D eigenvalue weighted by Gasteiger charge is 1.88. The molecule has 0 aromatic carbocycles. The summed E-state index contributed by atoms with van der Waals surface area (Å²) in [4.78, 5) is 10.0. The van der Waals surface area contributed by atoms with E-state index < -0.39 is 5.97 Å². The van der Waals surface area contributed by atoms with Crippen molar-refractivity contribution in [1.82, 2.24) is 0 Å². The van der Waals surface area contributed by atoms with Crippen LogP contribution in [0, 0.1) is 0 Å². The molecule has 0 aliphatic carbocycles. The summed E-state index contributed by atoms with van der Waals surface area (Å²) in [5, 5.41) is 10.0. The van der Waals surface area contributed by atoms with Crippen LogP contribution in [-0.4, -0.2) is 5.97 Å². The molecule has 0 heterocycles. The Morgan fingerprint density at radius 3 is 2.64 bits per heavy atom. The van der Waals surface area contributed by atoms with Crippen molar-refractivity contribution >= 4 is 5.97 Å². The Bertz CT molecular complexity index is 148. The van der Waals surface area contributed by atoms with Crippen LogP contribution < -0.4 is 5.11 Å². The van der Waals surface area contributed by atoms with Gasteiger partial charge in [0.15, 0.2) is 0 Å². The normalized spacial score (nSPS) is 11.6. The third-order valence-corrected chi connectivity index (χ3v) is 1.54. The summed E-state index contributed by atoms with van der Waals surface area (Å²) < 4.78 is 0. The molecule has 2 nitrogen and oxygen atoms in total. The van der Waals surface area contributed by atoms with Crippen LogP contribution in [0.25, 0.3) is 0 Å². The maximum atomic E-state index is 10.0. The van der Waals surface area contributed by atoms with Crippen molar-refractivity contribution in [3.8, 4) is 0 Å². The molecule has 0 saturated heterocycles. The van der Waals surface area contributed by atoms with E-state index in [4.69, 9.17) is 0 Å². The Kier molecular flexibility index (Phi) is 5.53. The zero-order valence-electron chi connectivity index (χ0n) is 7.22. The Morgan fingerprint density at radius 1 is 1.55 bits per heavy atom. The van der Waals surface area contributed by atoms with E-state index in [1.807, 2.05) is 6.92 Å². The molecule has 0 aromatic rings. The first-order valence-corrected chi connectivity index (χ1v) is 4.02. The maximum absolute atomic E-state index is 10.0. The number of aliphatic carboxylic acids is 1. The molecule has 64 valence electrons. The van der Waals surface area contributed by atoms with E-state index >= 15 is 0 Å². The van der Waals surface area contributed by atoms with Crippen molar-refractivity contribution in [1.29, 1.82) is 0 Å². The quantitative estimate of drug-likeness (QED) is 0.561. The van der Waals surface area contributed by atoms with Crippen LogP contribution in [-0.2, 0) is 4.79 Å². The predicted octanol–water partition coefficient (Wildman–Crippen LogP) is 1.26. The summed E-state index contributed by atoms with van der Waals surface area (Å²) in [7, 11) is 0. The number of hydrogen-bond donors (Lipinski definition) is 0. The SMILES string of the molecule is CCCC/C(C)=C/CC(=O)[O-]. The summed E-state index contributed by atoms with van der Waals surface area (Å²) in [5.41, 5.74) is 1.15. The molecule has 0 radical (unpaired) electrons. The van der Waals surface area contributed by atoms with Gasteiger partial charge in [-0.05, 0) is 19.8 Å². The van der Waals surface area contributed by atoms with E-state index in [2.05, 4.69) is 6.92 Å². The molecular weight excluding hydrogens is 140 g/mol. The summed E-state index contributed by atoms with van der Waals surface area (Å²) in [6, 6.07) is 0. The number of carboxylic acid groups (broad SMARTS) is 1. The standard InChI is InChI=1S/C9H16O2/c1-3-4-5-8(2)6-7-9(10)11/h6H,3-5,7H2,1-2H3,(H,10,11)/p-1/b8-6+. The van der Waals surface area contributed by atoms with Gasteiger partial charge >= 0.3 is 0 Å². The van der Waals surface area contributed by atoms with E-state index in [-0.39, 0.29) is 6.42 Å². The fraction of sp³-hybridized carbons (Fsp3) is 0.667. The Balaban J connectivity index is 3.54. The van der Waals surface area contributed by atoms with Crippen LogP contribution in [0.2, 0.25) is 0 Å². The summed E-state index contributed by atoms with van der Waals surface area (Å²) >= 11 is 0. The van der Waals surface area contributed by atoms with Gasteiger partial charge in [-0.3, -0.25) is 0 Å². The number of hydrogen-bond acceptors (Lipinski definition) is 2. The minimum Gasteiger partial charge on any atom is -0.550 e. The van der Waals surface area contributed by atoms with Crippen LogP contribution in [0.15, 0.2) is 11.6 Å². The molecule has 0 atom stereocenters. The second-order valence-electron chi connectivity index (χ2n) is 2.73. The zero-order chi connectivity index (χ0) is 8.69. The average molecular weight is 155 g/mol. The van der Waals surface area contributed by atoms with Crippen LogP contribution in [0.1, 0.15) is 39.5 Å². The molecule has 0 amide bonds. The predicted molar refractivity (Wildman–Crippen MR) is 42.9 cm³/mol. The second kappa shape index (κ2) is 5.96. The topological polar surface area (TPSA) is 40.1 Å². The fourth-order valence-corrected chi connectivity index (χ4v) is 0.815. The fourth-order valence-electron chi connectivity index (χ4n) is 0.815. The van der Waals surface area contributed by atoms with Gasteiger partial charge in [-0.25, -0.2) is 0 Å². The number of unbranched alkanes of at least 4 members (excludes halogenated alkanes) is 1. The van der Waals surface area contributed by atoms with Crippen LogP contribution >= 0.6 is 0 Å². The molecular formula is C9H15O2-. The second-order valence-corrected chi connectivity index (χ2v) is 2.73. The smallest absolute Gasteiger partial charge is 0.0452 e. The monoisotopic (exact) mass is 155 g/mol. The number of carboxylic acids is 1. The molecule has 0 aromatic heterocycles. The highest BCUT2D eigenvalue weighted by atomic mass is 16.4. The van der Waals surface area contributed by atoms with E-state index in [0.717, 1.165) is 24.8 Å². The van der Waals surface area contributed by atoms with Gasteiger partial charge in [0.05, 0.1) is 0 Å². The van der Waals surface area contributed by atoms with Gasteiger partial charge in [0, 0.05) is 12.4 Å². The van der Waals surface area contributed by atoms with Crippen LogP contribution in [0.5, 0.6) is 0 Å². The van der Waals surface area contributed by atoms with E-state index in [0.29, 0.717) is 0 Å². The minimum atomic E-state index is -0.999. The lowest BCUT2D eigenvalue weighted by molar-refractivity contribution is -0.304. The molecule has 0 fully saturated rings. The molecule has 11 heavy (non-hydrogen) atoms. The van der Waals surface area contributed by atoms with Gasteiger partial charge in [-0.15, -0.1) is 0 Å². The third-order valence-electron chi connectivity index (χ3n) is 1.54. The lowest BCUT2D eigenvalue weighted by Gasteiger charge is -1.99. The first kappa shape index (κ1) is 10.2. The van der Waals surface area contributed by atoms with Gasteiger partial charge in [-0.1, -0.05) is 25.0 Å². The summed E-state index contributed by atoms with van der Waals surface area (Å²) in [6.07, 6.45) is 5.07. The maximum Gasteiger partial charge on any atom is 0.0452 e. The molecule has 0 N–H and O–H groups in total. The van der Waals surface area contributed by atoms with Crippen LogP contribution in [0.3, 0.4) is 0 Å². The molecule has 0 spiro atoms. The van der Waals surface area contributed by atoms with Gasteiger partial charge < -0.3 is 9.90 Å². The molecule has 0 unspecified atom stereocenters. The number of rotatable bonds is 5. The molecule has 0 rings (SSSR count).